The summed E-state index contributed by atoms with van der Waals surface area (Å²) >= 11 is 4.49. The molecule has 0 bridgehead atoms. The van der Waals surface area contributed by atoms with Crippen LogP contribution in [0.2, 0.25) is 0 Å². The molecule has 10 heteroatoms. The van der Waals surface area contributed by atoms with E-state index in [4.69, 9.17) is 0 Å². The number of rotatable bonds is 4. The van der Waals surface area contributed by atoms with Crippen LogP contribution < -0.4 is 5.32 Å². The van der Waals surface area contributed by atoms with Crippen molar-refractivity contribution in [1.29, 1.82) is 0 Å². The van der Waals surface area contributed by atoms with E-state index in [1.54, 1.807) is 29.6 Å². The number of thiophene rings is 1. The molecule has 0 radical (unpaired) electrons. The van der Waals surface area contributed by atoms with Gasteiger partial charge in [0, 0.05) is 5.69 Å². The van der Waals surface area contributed by atoms with E-state index in [0.717, 1.165) is 18.1 Å². The molecule has 4 aromatic rings. The van der Waals surface area contributed by atoms with Crippen LogP contribution in [0.5, 0.6) is 0 Å². The molecule has 0 aliphatic carbocycles. The summed E-state index contributed by atoms with van der Waals surface area (Å²) in [5.41, 5.74) is 0.498. The Bertz CT molecular complexity index is 1220. The highest BCUT2D eigenvalue weighted by atomic mass is 79.9. The molecule has 0 unspecified atom stereocenters. The van der Waals surface area contributed by atoms with E-state index in [1.165, 1.54) is 11.3 Å². The van der Waals surface area contributed by atoms with E-state index in [0.29, 0.717) is 15.1 Å². The maximum Gasteiger partial charge on any atom is 0.433 e. The highest BCUT2D eigenvalue weighted by molar-refractivity contribution is 9.10. The van der Waals surface area contributed by atoms with Gasteiger partial charge in [0.2, 0.25) is 0 Å². The summed E-state index contributed by atoms with van der Waals surface area (Å²) in [5.74, 6) is -0.637. The van der Waals surface area contributed by atoms with Crippen molar-refractivity contribution in [3.63, 3.8) is 0 Å². The molecule has 0 saturated heterocycles. The Hall–Kier alpha value is -2.72. The zero-order valence-corrected chi connectivity index (χ0v) is 17.9. The van der Waals surface area contributed by atoms with Gasteiger partial charge in [0.25, 0.3) is 5.91 Å². The van der Waals surface area contributed by atoms with Gasteiger partial charge in [0.15, 0.2) is 17.0 Å². The average Bonchev–Trinajstić information content (AvgIpc) is 3.36. The molecular weight excluding hydrogens is 481 g/mol. The minimum Gasteiger partial charge on any atom is -0.321 e. The Morgan fingerprint density at radius 2 is 1.97 bits per heavy atom. The summed E-state index contributed by atoms with van der Waals surface area (Å²) in [5, 5.41) is 8.32. The van der Waals surface area contributed by atoms with Gasteiger partial charge in [0.1, 0.15) is 0 Å². The zero-order valence-electron chi connectivity index (χ0n) is 15.5. The number of carbonyl (C=O) groups excluding carboxylic acids is 1. The number of aromatic nitrogens is 3. The third kappa shape index (κ3) is 3.84. The molecule has 0 aliphatic heterocycles. The lowest BCUT2D eigenvalue weighted by atomic mass is 10.1. The molecule has 30 heavy (non-hydrogen) atoms. The zero-order chi connectivity index (χ0) is 21.5. The standard InChI is InChI=1S/C20H14BrF3N4OS/c1-2-11-5-7-12(8-6-11)25-19(29)17-16(21)18-26-13(14-4-3-9-30-14)10-15(20(22,23)24)28(18)27-17/h3-10H,2H2,1H3,(H,25,29). The third-order valence-corrected chi connectivity index (χ3v) is 6.05. The molecule has 0 fully saturated rings. The number of anilines is 1. The molecule has 3 aromatic heterocycles. The van der Waals surface area contributed by atoms with Gasteiger partial charge < -0.3 is 5.32 Å². The number of hydrogen-bond acceptors (Lipinski definition) is 4. The first-order valence-electron chi connectivity index (χ1n) is 8.88. The molecule has 3 heterocycles. The topological polar surface area (TPSA) is 59.3 Å². The molecular formula is C20H14BrF3N4OS. The Kier molecular flexibility index (Phi) is 5.37. The minimum atomic E-state index is -4.68. The summed E-state index contributed by atoms with van der Waals surface area (Å²) < 4.78 is 41.8. The molecule has 1 amide bonds. The van der Waals surface area contributed by atoms with Gasteiger partial charge in [-0.05, 0) is 57.6 Å². The van der Waals surface area contributed by atoms with Crippen LogP contribution in [0.4, 0.5) is 18.9 Å². The van der Waals surface area contributed by atoms with Crippen molar-refractivity contribution in [2.45, 2.75) is 19.5 Å². The number of amides is 1. The summed E-state index contributed by atoms with van der Waals surface area (Å²) in [6, 6.07) is 11.5. The minimum absolute atomic E-state index is 0.0836. The van der Waals surface area contributed by atoms with E-state index in [-0.39, 0.29) is 21.5 Å². The Labute approximate surface area is 181 Å². The fraction of sp³-hybridized carbons (Fsp3) is 0.150. The van der Waals surface area contributed by atoms with Crippen LogP contribution in [0.25, 0.3) is 16.2 Å². The van der Waals surface area contributed by atoms with Gasteiger partial charge in [0.05, 0.1) is 15.0 Å². The first-order chi connectivity index (χ1) is 14.3. The predicted octanol–water partition coefficient (Wildman–Crippen LogP) is 6.05. The average molecular weight is 495 g/mol. The Morgan fingerprint density at radius 1 is 1.23 bits per heavy atom. The second-order valence-corrected chi connectivity index (χ2v) is 8.14. The van der Waals surface area contributed by atoms with Crippen LogP contribution in [0.15, 0.2) is 52.3 Å². The van der Waals surface area contributed by atoms with Crippen LogP contribution in [0.1, 0.15) is 28.7 Å². The van der Waals surface area contributed by atoms with Crippen LogP contribution in [0, 0.1) is 0 Å². The molecule has 0 atom stereocenters. The maximum atomic E-state index is 13.7. The molecule has 1 aromatic carbocycles. The Morgan fingerprint density at radius 3 is 2.57 bits per heavy atom. The summed E-state index contributed by atoms with van der Waals surface area (Å²) in [6.45, 7) is 2.01. The molecule has 0 saturated carbocycles. The number of nitrogens with one attached hydrogen (secondary N) is 1. The first kappa shape index (κ1) is 20.5. The van der Waals surface area contributed by atoms with Crippen LogP contribution in [-0.2, 0) is 12.6 Å². The number of fused-ring (bicyclic) bond motifs is 1. The molecule has 154 valence electrons. The number of halogens is 4. The van der Waals surface area contributed by atoms with E-state index in [1.807, 2.05) is 19.1 Å². The summed E-state index contributed by atoms with van der Waals surface area (Å²) in [6.07, 6.45) is -3.83. The number of benzene rings is 1. The lowest BCUT2D eigenvalue weighted by Gasteiger charge is -2.10. The second kappa shape index (κ2) is 7.84. The number of aryl methyl sites for hydroxylation is 1. The van der Waals surface area contributed by atoms with Crippen LogP contribution in [0.3, 0.4) is 0 Å². The molecule has 1 N–H and O–H groups in total. The highest BCUT2D eigenvalue weighted by Crippen LogP contribution is 2.35. The number of carbonyl (C=O) groups is 1. The molecule has 0 spiro atoms. The first-order valence-corrected chi connectivity index (χ1v) is 10.6. The summed E-state index contributed by atoms with van der Waals surface area (Å²) in [4.78, 5) is 17.6. The fourth-order valence-electron chi connectivity index (χ4n) is 2.90. The molecule has 5 nitrogen and oxygen atoms in total. The largest absolute Gasteiger partial charge is 0.433 e. The quantitative estimate of drug-likeness (QED) is 0.375. The monoisotopic (exact) mass is 494 g/mol. The smallest absolute Gasteiger partial charge is 0.321 e. The van der Waals surface area contributed by atoms with Crippen molar-refractivity contribution in [3.05, 3.63) is 69.3 Å². The highest BCUT2D eigenvalue weighted by Gasteiger charge is 2.36. The van der Waals surface area contributed by atoms with E-state index < -0.39 is 17.8 Å². The van der Waals surface area contributed by atoms with Crippen molar-refractivity contribution >= 4 is 44.5 Å². The molecule has 4 rings (SSSR count). The normalized spacial score (nSPS) is 11.8. The second-order valence-electron chi connectivity index (χ2n) is 6.40. The van der Waals surface area contributed by atoms with E-state index in [2.05, 4.69) is 31.3 Å². The molecule has 0 aliphatic rings. The predicted molar refractivity (Wildman–Crippen MR) is 113 cm³/mol. The van der Waals surface area contributed by atoms with Crippen molar-refractivity contribution in [3.8, 4) is 10.6 Å². The van der Waals surface area contributed by atoms with Gasteiger partial charge in [-0.3, -0.25) is 4.79 Å². The number of alkyl halides is 3. The lowest BCUT2D eigenvalue weighted by molar-refractivity contribution is -0.142. The Balaban J connectivity index is 1.79. The fourth-order valence-corrected chi connectivity index (χ4v) is 4.11. The lowest BCUT2D eigenvalue weighted by Crippen LogP contribution is -2.15. The van der Waals surface area contributed by atoms with E-state index in [9.17, 15) is 18.0 Å². The third-order valence-electron chi connectivity index (χ3n) is 4.43. The van der Waals surface area contributed by atoms with Crippen molar-refractivity contribution < 1.29 is 18.0 Å². The van der Waals surface area contributed by atoms with Gasteiger partial charge in [-0.15, -0.1) is 11.3 Å². The van der Waals surface area contributed by atoms with Gasteiger partial charge in [-0.1, -0.05) is 25.1 Å². The van der Waals surface area contributed by atoms with E-state index >= 15 is 0 Å². The van der Waals surface area contributed by atoms with Crippen LogP contribution in [-0.4, -0.2) is 20.5 Å². The number of hydrogen-bond donors (Lipinski definition) is 1. The maximum absolute atomic E-state index is 13.7. The van der Waals surface area contributed by atoms with Crippen molar-refractivity contribution in [2.24, 2.45) is 0 Å². The van der Waals surface area contributed by atoms with Crippen molar-refractivity contribution in [1.82, 2.24) is 14.6 Å². The van der Waals surface area contributed by atoms with Gasteiger partial charge in [-0.25, -0.2) is 9.50 Å². The summed E-state index contributed by atoms with van der Waals surface area (Å²) in [7, 11) is 0. The number of nitrogens with zero attached hydrogens (tertiary/aromatic N) is 3. The van der Waals surface area contributed by atoms with Gasteiger partial charge in [-0.2, -0.15) is 18.3 Å². The van der Waals surface area contributed by atoms with Crippen LogP contribution >= 0.6 is 27.3 Å². The van der Waals surface area contributed by atoms with Gasteiger partial charge >= 0.3 is 6.18 Å². The van der Waals surface area contributed by atoms with Crippen molar-refractivity contribution in [2.75, 3.05) is 5.32 Å². The SMILES string of the molecule is CCc1ccc(NC(=O)c2nn3c(C(F)(F)F)cc(-c4cccs4)nc3c2Br)cc1.